The minimum Gasteiger partial charge on any atom is -0.506 e. The third kappa shape index (κ3) is 2.43. The Labute approximate surface area is 144 Å². The van der Waals surface area contributed by atoms with Crippen molar-refractivity contribution in [1.82, 2.24) is 14.7 Å². The summed E-state index contributed by atoms with van der Waals surface area (Å²) in [6, 6.07) is 9.23. The Hall–Kier alpha value is -3.55. The standard InChI is InChI=1S/C18H11F2N3O3/c1-23-13-8-11(20)5-6-12(13)15(24)14(18(23)25)17-21-16(22-26-17)9-3-2-4-10(19)7-9/h2-8,24H,1H3. The zero-order valence-corrected chi connectivity index (χ0v) is 13.4. The Morgan fingerprint density at radius 1 is 1.12 bits per heavy atom. The lowest BCUT2D eigenvalue weighted by molar-refractivity contribution is 0.425. The van der Waals surface area contributed by atoms with E-state index in [1.54, 1.807) is 6.07 Å². The van der Waals surface area contributed by atoms with Crippen LogP contribution in [0, 0.1) is 11.6 Å². The molecule has 6 nitrogen and oxygen atoms in total. The molecular formula is C18H11F2N3O3. The van der Waals surface area contributed by atoms with Crippen molar-refractivity contribution >= 4 is 10.9 Å². The molecule has 26 heavy (non-hydrogen) atoms. The largest absolute Gasteiger partial charge is 0.506 e. The van der Waals surface area contributed by atoms with E-state index in [4.69, 9.17) is 4.52 Å². The van der Waals surface area contributed by atoms with Crippen molar-refractivity contribution in [2.45, 2.75) is 0 Å². The molecule has 2 aromatic carbocycles. The number of pyridine rings is 1. The maximum atomic E-state index is 13.5. The zero-order chi connectivity index (χ0) is 18.4. The van der Waals surface area contributed by atoms with E-state index in [1.165, 1.54) is 41.9 Å². The molecule has 2 aromatic heterocycles. The molecule has 8 heteroatoms. The SMILES string of the molecule is Cn1c(=O)c(-c2nc(-c3cccc(F)c3)no2)c(O)c2ccc(F)cc21. The van der Waals surface area contributed by atoms with Gasteiger partial charge in [-0.1, -0.05) is 17.3 Å². The van der Waals surface area contributed by atoms with Gasteiger partial charge in [-0.3, -0.25) is 4.79 Å². The van der Waals surface area contributed by atoms with Crippen LogP contribution in [-0.2, 0) is 7.05 Å². The lowest BCUT2D eigenvalue weighted by atomic mass is 10.1. The molecule has 0 aliphatic rings. The molecule has 1 N–H and O–H groups in total. The van der Waals surface area contributed by atoms with Gasteiger partial charge >= 0.3 is 0 Å². The molecule has 0 amide bonds. The van der Waals surface area contributed by atoms with E-state index >= 15 is 0 Å². The van der Waals surface area contributed by atoms with E-state index in [1.807, 2.05) is 0 Å². The van der Waals surface area contributed by atoms with E-state index in [0.717, 1.165) is 6.07 Å². The predicted octanol–water partition coefficient (Wildman–Crippen LogP) is 3.24. The third-order valence-corrected chi connectivity index (χ3v) is 4.05. The number of aromatic hydroxyl groups is 1. The number of hydrogen-bond acceptors (Lipinski definition) is 5. The summed E-state index contributed by atoms with van der Waals surface area (Å²) in [7, 11) is 1.44. The molecule has 0 unspecified atom stereocenters. The highest BCUT2D eigenvalue weighted by Crippen LogP contribution is 2.33. The van der Waals surface area contributed by atoms with Crippen LogP contribution in [0.15, 0.2) is 51.8 Å². The molecule has 0 bridgehead atoms. The van der Waals surface area contributed by atoms with Gasteiger partial charge in [0, 0.05) is 18.0 Å². The molecule has 0 fully saturated rings. The summed E-state index contributed by atoms with van der Waals surface area (Å²) in [5, 5.41) is 14.5. The van der Waals surface area contributed by atoms with Gasteiger partial charge in [-0.25, -0.2) is 8.78 Å². The first-order chi connectivity index (χ1) is 12.5. The zero-order valence-electron chi connectivity index (χ0n) is 13.4. The highest BCUT2D eigenvalue weighted by molar-refractivity contribution is 5.91. The molecule has 0 saturated carbocycles. The van der Waals surface area contributed by atoms with E-state index in [-0.39, 0.29) is 28.2 Å². The second kappa shape index (κ2) is 5.76. The van der Waals surface area contributed by atoms with Gasteiger partial charge in [0.2, 0.25) is 5.82 Å². The van der Waals surface area contributed by atoms with Crippen molar-refractivity contribution < 1.29 is 18.4 Å². The van der Waals surface area contributed by atoms with Crippen LogP contribution < -0.4 is 5.56 Å². The van der Waals surface area contributed by atoms with Crippen LogP contribution >= 0.6 is 0 Å². The van der Waals surface area contributed by atoms with Crippen molar-refractivity contribution in [2.75, 3.05) is 0 Å². The Bertz CT molecular complexity index is 1210. The normalized spacial score (nSPS) is 11.2. The number of nitrogens with zero attached hydrogens (tertiary/aromatic N) is 3. The molecule has 0 saturated heterocycles. The lowest BCUT2D eigenvalue weighted by Crippen LogP contribution is -2.19. The van der Waals surface area contributed by atoms with Crippen molar-refractivity contribution in [3.8, 4) is 28.6 Å². The number of benzene rings is 2. The smallest absolute Gasteiger partial charge is 0.267 e. The molecule has 4 aromatic rings. The van der Waals surface area contributed by atoms with Gasteiger partial charge in [-0.15, -0.1) is 0 Å². The van der Waals surface area contributed by atoms with Gasteiger partial charge in [-0.05, 0) is 30.3 Å². The first kappa shape index (κ1) is 15.9. The predicted molar refractivity (Wildman–Crippen MR) is 89.5 cm³/mol. The van der Waals surface area contributed by atoms with Gasteiger partial charge in [0.05, 0.1) is 5.52 Å². The number of halogens is 2. The molecule has 130 valence electrons. The van der Waals surface area contributed by atoms with Crippen LogP contribution in [0.2, 0.25) is 0 Å². The van der Waals surface area contributed by atoms with E-state index in [9.17, 15) is 18.7 Å². The highest BCUT2D eigenvalue weighted by atomic mass is 19.1. The Morgan fingerprint density at radius 3 is 2.65 bits per heavy atom. The Kier molecular flexibility index (Phi) is 3.54. The van der Waals surface area contributed by atoms with E-state index < -0.39 is 22.9 Å². The van der Waals surface area contributed by atoms with Gasteiger partial charge in [-0.2, -0.15) is 4.98 Å². The summed E-state index contributed by atoms with van der Waals surface area (Å²) in [5.74, 6) is -1.54. The maximum Gasteiger partial charge on any atom is 0.267 e. The maximum absolute atomic E-state index is 13.5. The summed E-state index contributed by atoms with van der Waals surface area (Å²) in [6.07, 6.45) is 0. The van der Waals surface area contributed by atoms with Gasteiger partial charge < -0.3 is 14.2 Å². The molecule has 4 rings (SSSR count). The quantitative estimate of drug-likeness (QED) is 0.597. The topological polar surface area (TPSA) is 81.2 Å². The summed E-state index contributed by atoms with van der Waals surface area (Å²) in [5.41, 5.74) is -0.253. The second-order valence-electron chi connectivity index (χ2n) is 5.68. The van der Waals surface area contributed by atoms with E-state index in [2.05, 4.69) is 10.1 Å². The number of rotatable bonds is 2. The fourth-order valence-corrected chi connectivity index (χ4v) is 2.76. The summed E-state index contributed by atoms with van der Waals surface area (Å²) in [6.45, 7) is 0. The monoisotopic (exact) mass is 355 g/mol. The average molecular weight is 355 g/mol. The lowest BCUT2D eigenvalue weighted by Gasteiger charge is -2.09. The number of fused-ring (bicyclic) bond motifs is 1. The van der Waals surface area contributed by atoms with Crippen molar-refractivity contribution in [3.63, 3.8) is 0 Å². The molecule has 0 aliphatic heterocycles. The van der Waals surface area contributed by atoms with Crippen molar-refractivity contribution in [1.29, 1.82) is 0 Å². The van der Waals surface area contributed by atoms with Gasteiger partial charge in [0.25, 0.3) is 11.4 Å². The van der Waals surface area contributed by atoms with Gasteiger partial charge in [0.15, 0.2) is 0 Å². The summed E-state index contributed by atoms with van der Waals surface area (Å²) < 4.78 is 33.1. The minimum atomic E-state index is -0.630. The molecule has 0 spiro atoms. The Balaban J connectivity index is 1.93. The van der Waals surface area contributed by atoms with Crippen LogP contribution in [0.25, 0.3) is 33.7 Å². The number of aryl methyl sites for hydroxylation is 1. The van der Waals surface area contributed by atoms with Crippen LogP contribution in [-0.4, -0.2) is 19.8 Å². The highest BCUT2D eigenvalue weighted by Gasteiger charge is 2.22. The third-order valence-electron chi connectivity index (χ3n) is 4.05. The first-order valence-electron chi connectivity index (χ1n) is 7.57. The first-order valence-corrected chi connectivity index (χ1v) is 7.57. The summed E-state index contributed by atoms with van der Waals surface area (Å²) in [4.78, 5) is 16.7. The molecule has 0 radical (unpaired) electrons. The van der Waals surface area contributed by atoms with Gasteiger partial charge in [0.1, 0.15) is 22.9 Å². The molecule has 0 aliphatic carbocycles. The second-order valence-corrected chi connectivity index (χ2v) is 5.68. The molecule has 2 heterocycles. The summed E-state index contributed by atoms with van der Waals surface area (Å²) >= 11 is 0. The fraction of sp³-hybridized carbons (Fsp3) is 0.0556. The van der Waals surface area contributed by atoms with Crippen LogP contribution in [0.5, 0.6) is 5.75 Å². The number of hydrogen-bond donors (Lipinski definition) is 1. The van der Waals surface area contributed by atoms with E-state index in [0.29, 0.717) is 5.56 Å². The number of aromatic nitrogens is 3. The Morgan fingerprint density at radius 2 is 1.88 bits per heavy atom. The molecular weight excluding hydrogens is 344 g/mol. The van der Waals surface area contributed by atoms with Crippen molar-refractivity contribution in [3.05, 3.63) is 64.5 Å². The van der Waals surface area contributed by atoms with Crippen LogP contribution in [0.1, 0.15) is 0 Å². The van der Waals surface area contributed by atoms with Crippen molar-refractivity contribution in [2.24, 2.45) is 7.05 Å². The minimum absolute atomic E-state index is 0.0696. The van der Waals surface area contributed by atoms with Crippen LogP contribution in [0.4, 0.5) is 8.78 Å². The van der Waals surface area contributed by atoms with Crippen LogP contribution in [0.3, 0.4) is 0 Å². The average Bonchev–Trinajstić information content (AvgIpc) is 3.09. The molecule has 0 atom stereocenters. The fourth-order valence-electron chi connectivity index (χ4n) is 2.76.